The zero-order valence-electron chi connectivity index (χ0n) is 14.2. The van der Waals surface area contributed by atoms with Gasteiger partial charge in [0.15, 0.2) is 5.96 Å². The van der Waals surface area contributed by atoms with Crippen molar-refractivity contribution in [3.8, 4) is 0 Å². The number of hydrogen-bond acceptors (Lipinski definition) is 3. The summed E-state index contributed by atoms with van der Waals surface area (Å²) >= 11 is 0. The summed E-state index contributed by atoms with van der Waals surface area (Å²) in [6.07, 6.45) is 2.51. The predicted octanol–water partition coefficient (Wildman–Crippen LogP) is 2.47. The van der Waals surface area contributed by atoms with E-state index >= 15 is 0 Å². The molecule has 0 amide bonds. The van der Waals surface area contributed by atoms with Gasteiger partial charge in [-0.15, -0.1) is 0 Å². The zero-order valence-corrected chi connectivity index (χ0v) is 14.2. The van der Waals surface area contributed by atoms with Gasteiger partial charge in [-0.1, -0.05) is 18.2 Å². The Bertz CT molecular complexity index is 702. The number of guanidine groups is 1. The monoisotopic (exact) mass is 311 g/mol. The minimum atomic E-state index is 0.757. The van der Waals surface area contributed by atoms with Crippen LogP contribution in [-0.2, 0) is 6.54 Å². The van der Waals surface area contributed by atoms with Gasteiger partial charge in [-0.05, 0) is 30.5 Å². The van der Waals surface area contributed by atoms with Crippen LogP contribution in [-0.4, -0.2) is 50.1 Å². The average molecular weight is 311 g/mol. The SMILES string of the molecule is CN=C(NCc1cc(N(C)C)nc2ccccc12)N1CCCC1. The van der Waals surface area contributed by atoms with E-state index in [2.05, 4.69) is 39.5 Å². The van der Waals surface area contributed by atoms with Crippen LogP contribution in [0.15, 0.2) is 35.3 Å². The van der Waals surface area contributed by atoms with Gasteiger partial charge in [-0.25, -0.2) is 4.98 Å². The molecule has 0 spiro atoms. The Kier molecular flexibility index (Phi) is 4.65. The number of para-hydroxylation sites is 1. The number of nitrogens with one attached hydrogen (secondary N) is 1. The van der Waals surface area contributed by atoms with Crippen molar-refractivity contribution in [1.29, 1.82) is 0 Å². The highest BCUT2D eigenvalue weighted by Crippen LogP contribution is 2.22. The molecule has 5 nitrogen and oxygen atoms in total. The lowest BCUT2D eigenvalue weighted by Gasteiger charge is -2.22. The van der Waals surface area contributed by atoms with E-state index in [0.717, 1.165) is 36.9 Å². The Hall–Kier alpha value is -2.30. The predicted molar refractivity (Wildman–Crippen MR) is 97.1 cm³/mol. The molecule has 0 bridgehead atoms. The molecule has 2 heterocycles. The molecule has 1 fully saturated rings. The molecule has 1 N–H and O–H groups in total. The highest BCUT2D eigenvalue weighted by molar-refractivity contribution is 5.85. The zero-order chi connectivity index (χ0) is 16.2. The minimum absolute atomic E-state index is 0.757. The summed E-state index contributed by atoms with van der Waals surface area (Å²) in [5.41, 5.74) is 2.28. The summed E-state index contributed by atoms with van der Waals surface area (Å²) in [5, 5.41) is 4.71. The van der Waals surface area contributed by atoms with Crippen LogP contribution in [0.5, 0.6) is 0 Å². The molecule has 0 radical (unpaired) electrons. The number of likely N-dealkylation sites (tertiary alicyclic amines) is 1. The molecule has 1 aromatic heterocycles. The molecular weight excluding hydrogens is 286 g/mol. The summed E-state index contributed by atoms with van der Waals surface area (Å²) in [4.78, 5) is 13.5. The second-order valence-corrected chi connectivity index (χ2v) is 6.15. The van der Waals surface area contributed by atoms with Crippen molar-refractivity contribution in [2.45, 2.75) is 19.4 Å². The molecule has 0 saturated carbocycles. The van der Waals surface area contributed by atoms with Crippen LogP contribution < -0.4 is 10.2 Å². The van der Waals surface area contributed by atoms with Crippen molar-refractivity contribution < 1.29 is 0 Å². The molecule has 0 aliphatic carbocycles. The Morgan fingerprint density at radius 3 is 2.70 bits per heavy atom. The van der Waals surface area contributed by atoms with Crippen molar-refractivity contribution >= 4 is 22.7 Å². The van der Waals surface area contributed by atoms with E-state index < -0.39 is 0 Å². The highest BCUT2D eigenvalue weighted by atomic mass is 15.3. The maximum absolute atomic E-state index is 4.72. The van der Waals surface area contributed by atoms with E-state index in [1.54, 1.807) is 0 Å². The van der Waals surface area contributed by atoms with Gasteiger partial charge in [0, 0.05) is 46.2 Å². The van der Waals surface area contributed by atoms with E-state index in [1.165, 1.54) is 23.8 Å². The number of rotatable bonds is 3. The second-order valence-electron chi connectivity index (χ2n) is 6.15. The molecule has 3 rings (SSSR count). The smallest absolute Gasteiger partial charge is 0.193 e. The summed E-state index contributed by atoms with van der Waals surface area (Å²) in [6.45, 7) is 2.95. The molecule has 1 aliphatic heterocycles. The van der Waals surface area contributed by atoms with E-state index in [0.29, 0.717) is 0 Å². The Labute approximate surface area is 138 Å². The largest absolute Gasteiger partial charge is 0.363 e. The van der Waals surface area contributed by atoms with Crippen LogP contribution in [0.1, 0.15) is 18.4 Å². The van der Waals surface area contributed by atoms with Crippen molar-refractivity contribution in [2.75, 3.05) is 39.1 Å². The summed E-state index contributed by atoms with van der Waals surface area (Å²) in [7, 11) is 5.91. The Balaban J connectivity index is 1.86. The number of anilines is 1. The molecule has 1 aromatic carbocycles. The fraction of sp³-hybridized carbons (Fsp3) is 0.444. The molecular formula is C18H25N5. The normalized spacial score (nSPS) is 15.3. The van der Waals surface area contributed by atoms with Gasteiger partial charge in [0.05, 0.1) is 5.52 Å². The van der Waals surface area contributed by atoms with E-state index in [9.17, 15) is 0 Å². The fourth-order valence-electron chi connectivity index (χ4n) is 3.04. The van der Waals surface area contributed by atoms with Gasteiger partial charge >= 0.3 is 0 Å². The number of aliphatic imine (C=N–C) groups is 1. The fourth-order valence-corrected chi connectivity index (χ4v) is 3.04. The minimum Gasteiger partial charge on any atom is -0.363 e. The van der Waals surface area contributed by atoms with Crippen molar-refractivity contribution in [3.05, 3.63) is 35.9 Å². The maximum atomic E-state index is 4.72. The van der Waals surface area contributed by atoms with Gasteiger partial charge in [0.1, 0.15) is 5.82 Å². The van der Waals surface area contributed by atoms with Gasteiger partial charge in [-0.3, -0.25) is 4.99 Å². The van der Waals surface area contributed by atoms with Crippen LogP contribution in [0.25, 0.3) is 10.9 Å². The molecule has 122 valence electrons. The van der Waals surface area contributed by atoms with E-state index in [-0.39, 0.29) is 0 Å². The number of pyridine rings is 1. The topological polar surface area (TPSA) is 43.8 Å². The molecule has 1 aliphatic rings. The lowest BCUT2D eigenvalue weighted by molar-refractivity contribution is 0.493. The average Bonchev–Trinajstić information content (AvgIpc) is 3.09. The van der Waals surface area contributed by atoms with E-state index in [4.69, 9.17) is 4.98 Å². The van der Waals surface area contributed by atoms with Crippen LogP contribution >= 0.6 is 0 Å². The van der Waals surface area contributed by atoms with Crippen molar-refractivity contribution in [3.63, 3.8) is 0 Å². The Morgan fingerprint density at radius 2 is 2.00 bits per heavy atom. The van der Waals surface area contributed by atoms with Gasteiger partial charge in [0.25, 0.3) is 0 Å². The summed E-state index contributed by atoms with van der Waals surface area (Å²) in [6, 6.07) is 10.5. The summed E-state index contributed by atoms with van der Waals surface area (Å²) in [5.74, 6) is 1.98. The third-order valence-electron chi connectivity index (χ3n) is 4.30. The molecule has 5 heteroatoms. The molecule has 2 aromatic rings. The first kappa shape index (κ1) is 15.6. The van der Waals surface area contributed by atoms with Crippen molar-refractivity contribution in [1.82, 2.24) is 15.2 Å². The molecule has 0 unspecified atom stereocenters. The number of nitrogens with zero attached hydrogens (tertiary/aromatic N) is 4. The number of hydrogen-bond donors (Lipinski definition) is 1. The Morgan fingerprint density at radius 1 is 1.26 bits per heavy atom. The first-order chi connectivity index (χ1) is 11.2. The summed E-state index contributed by atoms with van der Waals surface area (Å²) < 4.78 is 0. The van der Waals surface area contributed by atoms with E-state index in [1.807, 2.05) is 32.1 Å². The quantitative estimate of drug-likeness (QED) is 0.698. The number of benzene rings is 1. The molecule has 1 saturated heterocycles. The third kappa shape index (κ3) is 3.38. The second kappa shape index (κ2) is 6.86. The van der Waals surface area contributed by atoms with Crippen LogP contribution in [0.3, 0.4) is 0 Å². The number of fused-ring (bicyclic) bond motifs is 1. The molecule has 0 atom stereocenters. The lowest BCUT2D eigenvalue weighted by atomic mass is 10.1. The van der Waals surface area contributed by atoms with Gasteiger partial charge in [-0.2, -0.15) is 0 Å². The highest BCUT2D eigenvalue weighted by Gasteiger charge is 2.16. The third-order valence-corrected chi connectivity index (χ3v) is 4.30. The first-order valence-electron chi connectivity index (χ1n) is 8.20. The van der Waals surface area contributed by atoms with Gasteiger partial charge in [0.2, 0.25) is 0 Å². The van der Waals surface area contributed by atoms with Gasteiger partial charge < -0.3 is 15.1 Å². The lowest BCUT2D eigenvalue weighted by Crippen LogP contribution is -2.39. The van der Waals surface area contributed by atoms with Crippen molar-refractivity contribution in [2.24, 2.45) is 4.99 Å². The van der Waals surface area contributed by atoms with Crippen LogP contribution in [0.4, 0.5) is 5.82 Å². The molecule has 23 heavy (non-hydrogen) atoms. The first-order valence-corrected chi connectivity index (χ1v) is 8.20. The number of aromatic nitrogens is 1. The standard InChI is InChI=1S/C18H25N5/c1-19-18(23-10-6-7-11-23)20-13-14-12-17(22(2)3)21-16-9-5-4-8-15(14)16/h4-5,8-9,12H,6-7,10-11,13H2,1-3H3,(H,19,20). The van der Waals surface area contributed by atoms with Crippen LogP contribution in [0.2, 0.25) is 0 Å². The van der Waals surface area contributed by atoms with Crippen LogP contribution in [0, 0.1) is 0 Å². The maximum Gasteiger partial charge on any atom is 0.193 e.